The Balaban J connectivity index is 2.53. The van der Waals surface area contributed by atoms with Crippen LogP contribution in [-0.2, 0) is 0 Å². The summed E-state index contributed by atoms with van der Waals surface area (Å²) in [5.41, 5.74) is 1.49. The van der Waals surface area contributed by atoms with E-state index in [-0.39, 0.29) is 15.8 Å². The number of aromatic carboxylic acids is 1. The smallest absolute Gasteiger partial charge is 0.347 e. The fraction of sp³-hybridized carbons (Fsp3) is 0.231. The van der Waals surface area contributed by atoms with Crippen molar-refractivity contribution in [3.63, 3.8) is 0 Å². The molecule has 1 N–H and O–H groups in total. The SMILES string of the molecule is Cc1c(C(=O)O)sc(=O)n1C(C)c1ccccc1. The highest BCUT2D eigenvalue weighted by Gasteiger charge is 2.20. The van der Waals surface area contributed by atoms with Gasteiger partial charge < -0.3 is 5.11 Å². The van der Waals surface area contributed by atoms with Gasteiger partial charge in [-0.1, -0.05) is 41.7 Å². The molecule has 1 aromatic carbocycles. The number of rotatable bonds is 3. The quantitative estimate of drug-likeness (QED) is 0.925. The van der Waals surface area contributed by atoms with Crippen LogP contribution < -0.4 is 4.87 Å². The molecule has 2 rings (SSSR count). The maximum absolute atomic E-state index is 11.9. The number of carboxylic acid groups (broad SMARTS) is 1. The Bertz CT molecular complexity index is 627. The lowest BCUT2D eigenvalue weighted by molar-refractivity contribution is 0.0700. The first-order chi connectivity index (χ1) is 8.52. The molecule has 1 atom stereocenters. The van der Waals surface area contributed by atoms with Gasteiger partial charge >= 0.3 is 10.8 Å². The van der Waals surface area contributed by atoms with Crippen molar-refractivity contribution in [2.75, 3.05) is 0 Å². The minimum Gasteiger partial charge on any atom is -0.477 e. The topological polar surface area (TPSA) is 59.3 Å². The van der Waals surface area contributed by atoms with Crippen molar-refractivity contribution < 1.29 is 9.90 Å². The van der Waals surface area contributed by atoms with E-state index in [9.17, 15) is 9.59 Å². The van der Waals surface area contributed by atoms with Crippen molar-refractivity contribution in [3.05, 3.63) is 56.1 Å². The lowest BCUT2D eigenvalue weighted by atomic mass is 10.1. The summed E-state index contributed by atoms with van der Waals surface area (Å²) in [5.74, 6) is -1.05. The standard InChI is InChI=1S/C13H13NO3S/c1-8(10-6-4-3-5-7-10)14-9(2)11(12(15)16)18-13(14)17/h3-8H,1-2H3,(H,15,16). The van der Waals surface area contributed by atoms with Gasteiger partial charge in [-0.15, -0.1) is 0 Å². The van der Waals surface area contributed by atoms with Crippen LogP contribution in [0.25, 0.3) is 0 Å². The van der Waals surface area contributed by atoms with Gasteiger partial charge in [0, 0.05) is 5.69 Å². The second-order valence-electron chi connectivity index (χ2n) is 4.04. The number of carbonyl (C=O) groups is 1. The molecule has 0 spiro atoms. The Morgan fingerprint density at radius 1 is 1.33 bits per heavy atom. The number of carboxylic acids is 1. The van der Waals surface area contributed by atoms with E-state index >= 15 is 0 Å². The number of hydrogen-bond donors (Lipinski definition) is 1. The van der Waals surface area contributed by atoms with Gasteiger partial charge in [-0.25, -0.2) is 4.79 Å². The molecule has 0 aliphatic heterocycles. The van der Waals surface area contributed by atoms with Crippen LogP contribution in [0.1, 0.15) is 33.9 Å². The van der Waals surface area contributed by atoms with E-state index in [2.05, 4.69) is 0 Å². The Kier molecular flexibility index (Phi) is 3.34. The summed E-state index contributed by atoms with van der Waals surface area (Å²) in [6.45, 7) is 3.56. The van der Waals surface area contributed by atoms with Gasteiger partial charge in [0.1, 0.15) is 4.88 Å². The van der Waals surface area contributed by atoms with Gasteiger partial charge in [-0.2, -0.15) is 0 Å². The molecule has 1 unspecified atom stereocenters. The highest BCUT2D eigenvalue weighted by molar-refractivity contribution is 7.11. The predicted octanol–water partition coefficient (Wildman–Crippen LogP) is 2.53. The average Bonchev–Trinajstić information content (AvgIpc) is 2.65. The Labute approximate surface area is 108 Å². The van der Waals surface area contributed by atoms with Crippen LogP contribution in [0.3, 0.4) is 0 Å². The van der Waals surface area contributed by atoms with Crippen LogP contribution in [0.2, 0.25) is 0 Å². The fourth-order valence-electron chi connectivity index (χ4n) is 1.98. The summed E-state index contributed by atoms with van der Waals surface area (Å²) < 4.78 is 1.53. The minimum atomic E-state index is -1.05. The third kappa shape index (κ3) is 2.09. The number of hydrogen-bond acceptors (Lipinski definition) is 3. The van der Waals surface area contributed by atoms with Crippen LogP contribution in [0.5, 0.6) is 0 Å². The molecule has 0 saturated carbocycles. The predicted molar refractivity (Wildman–Crippen MR) is 70.5 cm³/mol. The average molecular weight is 263 g/mol. The third-order valence-corrected chi connectivity index (χ3v) is 3.99. The summed E-state index contributed by atoms with van der Waals surface area (Å²) in [6, 6.07) is 9.39. The highest BCUT2D eigenvalue weighted by Crippen LogP contribution is 2.21. The molecule has 0 bridgehead atoms. The fourth-order valence-corrected chi connectivity index (χ4v) is 2.89. The van der Waals surface area contributed by atoms with Crippen molar-refractivity contribution in [1.82, 2.24) is 4.57 Å². The van der Waals surface area contributed by atoms with E-state index in [1.54, 1.807) is 6.92 Å². The first kappa shape index (κ1) is 12.6. The molecule has 0 amide bonds. The molecule has 2 aromatic rings. The lowest BCUT2D eigenvalue weighted by Crippen LogP contribution is -2.19. The van der Waals surface area contributed by atoms with E-state index in [1.165, 1.54) is 4.57 Å². The maximum atomic E-state index is 11.9. The molecule has 0 aliphatic carbocycles. The van der Waals surface area contributed by atoms with Gasteiger partial charge in [-0.05, 0) is 19.4 Å². The number of aromatic nitrogens is 1. The van der Waals surface area contributed by atoms with Crippen molar-refractivity contribution in [2.24, 2.45) is 0 Å². The maximum Gasteiger partial charge on any atom is 0.347 e. The van der Waals surface area contributed by atoms with Crippen molar-refractivity contribution in [2.45, 2.75) is 19.9 Å². The van der Waals surface area contributed by atoms with Crippen LogP contribution in [0, 0.1) is 6.92 Å². The van der Waals surface area contributed by atoms with Crippen LogP contribution in [0.4, 0.5) is 0 Å². The summed E-state index contributed by atoms with van der Waals surface area (Å²) >= 11 is 0.780. The molecule has 94 valence electrons. The summed E-state index contributed by atoms with van der Waals surface area (Å²) in [5, 5.41) is 9.01. The molecule has 1 heterocycles. The number of nitrogens with zero attached hydrogens (tertiary/aromatic N) is 1. The Morgan fingerprint density at radius 2 is 1.94 bits per heavy atom. The van der Waals surface area contributed by atoms with Crippen LogP contribution >= 0.6 is 11.3 Å². The largest absolute Gasteiger partial charge is 0.477 e. The molecule has 0 fully saturated rings. The molecule has 4 nitrogen and oxygen atoms in total. The van der Waals surface area contributed by atoms with Crippen molar-refractivity contribution in [1.29, 1.82) is 0 Å². The highest BCUT2D eigenvalue weighted by atomic mass is 32.1. The zero-order chi connectivity index (χ0) is 13.3. The molecule has 1 aromatic heterocycles. The third-order valence-electron chi connectivity index (χ3n) is 2.94. The van der Waals surface area contributed by atoms with Gasteiger partial charge in [0.2, 0.25) is 0 Å². The van der Waals surface area contributed by atoms with E-state index < -0.39 is 5.97 Å². The van der Waals surface area contributed by atoms with Crippen LogP contribution in [-0.4, -0.2) is 15.6 Å². The second kappa shape index (κ2) is 4.78. The molecule has 0 aliphatic rings. The zero-order valence-electron chi connectivity index (χ0n) is 10.1. The second-order valence-corrected chi connectivity index (χ2v) is 5.01. The van der Waals surface area contributed by atoms with Gasteiger partial charge in [0.25, 0.3) is 0 Å². The first-order valence-electron chi connectivity index (χ1n) is 5.52. The Morgan fingerprint density at radius 3 is 2.44 bits per heavy atom. The van der Waals surface area contributed by atoms with Gasteiger partial charge in [0.05, 0.1) is 6.04 Å². The monoisotopic (exact) mass is 263 g/mol. The van der Waals surface area contributed by atoms with E-state index in [0.29, 0.717) is 5.69 Å². The van der Waals surface area contributed by atoms with E-state index in [4.69, 9.17) is 5.11 Å². The Hall–Kier alpha value is -1.88. The van der Waals surface area contributed by atoms with Crippen molar-refractivity contribution >= 4 is 17.3 Å². The van der Waals surface area contributed by atoms with Gasteiger partial charge in [-0.3, -0.25) is 9.36 Å². The van der Waals surface area contributed by atoms with E-state index in [0.717, 1.165) is 16.9 Å². The molecule has 0 saturated heterocycles. The zero-order valence-corrected chi connectivity index (χ0v) is 10.9. The minimum absolute atomic E-state index is 0.114. The molecule has 18 heavy (non-hydrogen) atoms. The first-order valence-corrected chi connectivity index (χ1v) is 6.34. The summed E-state index contributed by atoms with van der Waals surface area (Å²) in [6.07, 6.45) is 0. The normalized spacial score (nSPS) is 12.3. The van der Waals surface area contributed by atoms with Crippen LogP contribution in [0.15, 0.2) is 35.1 Å². The number of benzene rings is 1. The van der Waals surface area contributed by atoms with Crippen molar-refractivity contribution in [3.8, 4) is 0 Å². The summed E-state index contributed by atoms with van der Waals surface area (Å²) in [4.78, 5) is 22.8. The van der Waals surface area contributed by atoms with E-state index in [1.807, 2.05) is 37.3 Å². The molecular weight excluding hydrogens is 250 g/mol. The number of thiazole rings is 1. The van der Waals surface area contributed by atoms with Gasteiger partial charge in [0.15, 0.2) is 0 Å². The molecule has 0 radical (unpaired) electrons. The molecule has 5 heteroatoms. The summed E-state index contributed by atoms with van der Waals surface area (Å²) in [7, 11) is 0. The lowest BCUT2D eigenvalue weighted by Gasteiger charge is -2.14. The molecular formula is C13H13NO3S.